The maximum absolute atomic E-state index is 14.5. The van der Waals surface area contributed by atoms with Gasteiger partial charge in [-0.1, -0.05) is 175 Å². The molecule has 10 N–H and O–H groups in total. The largest absolute Gasteiger partial charge is 0.391 e. The first kappa shape index (κ1) is 105. The number of amides is 10. The van der Waals surface area contributed by atoms with Crippen molar-refractivity contribution in [2.24, 2.45) is 10.8 Å². The van der Waals surface area contributed by atoms with E-state index in [1.165, 1.54) is 21.1 Å². The van der Waals surface area contributed by atoms with Crippen molar-refractivity contribution in [3.63, 3.8) is 0 Å². The van der Waals surface area contributed by atoms with Crippen molar-refractivity contribution in [1.29, 1.82) is 10.5 Å². The fourth-order valence-corrected chi connectivity index (χ4v) is 21.2. The maximum atomic E-state index is 14.5. The molecule has 0 unspecified atom stereocenters. The van der Waals surface area contributed by atoms with Crippen molar-refractivity contribution in [3.8, 4) is 55.3 Å². The number of β-amino-alcohol motifs (C(OH)–C–C–N with tert-alkyl or cyclic N) is 2. The Labute approximate surface area is 863 Å². The highest BCUT2D eigenvalue weighted by Crippen LogP contribution is 2.39. The van der Waals surface area contributed by atoms with Crippen LogP contribution in [0, 0.1) is 40.4 Å². The highest BCUT2D eigenvalue weighted by atomic mass is 32.1. The Hall–Kier alpha value is -14.9. The van der Waals surface area contributed by atoms with E-state index in [0.717, 1.165) is 145 Å². The molecule has 6 aromatic carbocycles. The molecule has 147 heavy (non-hydrogen) atoms. The van der Waals surface area contributed by atoms with Crippen LogP contribution < -0.4 is 52.3 Å². The topological polar surface area (TPSA) is 439 Å². The lowest BCUT2D eigenvalue weighted by molar-refractivity contribution is -0.144. The summed E-state index contributed by atoms with van der Waals surface area (Å²) in [7, 11) is 0. The molecule has 0 radical (unpaired) electrons. The van der Waals surface area contributed by atoms with Gasteiger partial charge in [0.05, 0.1) is 80.5 Å². The van der Waals surface area contributed by atoms with Crippen LogP contribution in [0.4, 0.5) is 32.6 Å². The minimum Gasteiger partial charge on any atom is -0.391 e. The van der Waals surface area contributed by atoms with Gasteiger partial charge in [-0.15, -0.1) is 22.7 Å². The van der Waals surface area contributed by atoms with Crippen LogP contribution in [0.3, 0.4) is 0 Å². The van der Waals surface area contributed by atoms with Crippen molar-refractivity contribution in [3.05, 3.63) is 274 Å². The predicted molar refractivity (Wildman–Crippen MR) is 562 cm³/mol. The predicted octanol–water partition coefficient (Wildman–Crippen LogP) is 14.4. The van der Waals surface area contributed by atoms with Crippen LogP contribution >= 0.6 is 22.7 Å². The molecule has 12 aromatic rings. The molecule has 2 aliphatic heterocycles. The summed E-state index contributed by atoms with van der Waals surface area (Å²) in [5.41, 5.74) is 13.5. The lowest BCUT2D eigenvalue weighted by Crippen LogP contribution is -2.58. The number of anilines is 4. The number of carbonyl (C=O) groups excluding carboxylic acids is 8. The zero-order valence-electron chi connectivity index (χ0n) is 83.7. The number of nitrogens with one attached hydrogen (secondary N) is 8. The average molecular weight is 2020 g/mol. The molecule has 16 rings (SSSR count). The van der Waals surface area contributed by atoms with E-state index >= 15 is 0 Å². The second kappa shape index (κ2) is 48.9. The third kappa shape index (κ3) is 27.8. The van der Waals surface area contributed by atoms with Crippen molar-refractivity contribution in [2.45, 2.75) is 225 Å². The second-order valence-corrected chi connectivity index (χ2v) is 42.1. The van der Waals surface area contributed by atoms with Crippen LogP contribution in [-0.2, 0) is 83.9 Å². The lowest BCUT2D eigenvalue weighted by Gasteiger charge is -2.37. The summed E-state index contributed by atoms with van der Waals surface area (Å²) in [4.78, 5) is 140. The van der Waals surface area contributed by atoms with E-state index in [0.29, 0.717) is 61.8 Å². The Bertz CT molecular complexity index is 6580. The number of aromatic nitrogens is 8. The zero-order valence-corrected chi connectivity index (χ0v) is 85.3. The molecular formula is C111H126N22O12S2. The number of carbonyl (C=O) groups is 8. The minimum atomic E-state index is -1.06. The van der Waals surface area contributed by atoms with Crippen LogP contribution in [0.1, 0.15) is 162 Å². The number of urea groups is 2. The van der Waals surface area contributed by atoms with E-state index in [9.17, 15) is 59.1 Å². The zero-order chi connectivity index (χ0) is 103. The molecule has 2 saturated heterocycles. The van der Waals surface area contributed by atoms with Gasteiger partial charge in [0.25, 0.3) is 0 Å². The van der Waals surface area contributed by atoms with Crippen LogP contribution in [-0.4, -0.2) is 207 Å². The molecule has 764 valence electrons. The van der Waals surface area contributed by atoms with Gasteiger partial charge in [-0.05, 0) is 169 Å². The second-order valence-electron chi connectivity index (χ2n) is 40.1. The smallest absolute Gasteiger partial charge is 0.322 e. The van der Waals surface area contributed by atoms with Crippen molar-refractivity contribution < 1.29 is 58.0 Å². The number of aryl methyl sites for hydroxylation is 2. The standard InChI is InChI=1S/C111H126N22O12S2/c1-71-100(80-25-19-74(20-26-80)56-116-104(138)93-51-91(135)67-131(93)107(141)103(111(5,6)7)127-98(137)69-145-50-48-129-65-83(63-122-129)79-31-39-87(40-32-79)133(109(143)119-59-73-17-12-9-13-18-73)89-43-35-85(36-44-89)125-96-46-24-77(55-113)61-115-96)147-99(123-71)53-92-101(146-70-120-92)81-27-21-75(22-28-81)57-117-105(139)94-52-90(134)66-130(94)106(140)102(110(2,3)4)126-97(136)68-144-49-14-47-128-64-82(62-121-128)78-29-37-86(38-30-78)132(108(142)118-58-72-15-10-8-11-16-72)88-41-33-84(34-42-88)124-95-45-23-76(54-112)60-114-95/h8-13,15-32,37-40,45-46,60-65,70,84-85,88-91,93-94,102-103,134-135H,14,33-36,41-44,47-53,56-59,66-69H2,1-7H3,(H,114,124)(H,115,125)(H,116,138)(H,117,139)(H,118,142)(H,119,143)(H,126,136)(H,127,137)/t84-,85-,88-,89-,90-,91-,93+,94+,102-,103-/m1/s1. The number of benzene rings is 6. The van der Waals surface area contributed by atoms with Crippen LogP contribution in [0.2, 0.25) is 0 Å². The van der Waals surface area contributed by atoms with E-state index in [1.54, 1.807) is 58.4 Å². The monoisotopic (exact) mass is 2020 g/mol. The van der Waals surface area contributed by atoms with Gasteiger partial charge in [-0.25, -0.2) is 29.5 Å². The van der Waals surface area contributed by atoms with Crippen LogP contribution in [0.25, 0.3) is 43.1 Å². The summed E-state index contributed by atoms with van der Waals surface area (Å²) in [6, 6.07) is 58.1. The average Bonchev–Trinajstić information content (AvgIpc) is 1.72. The van der Waals surface area contributed by atoms with Gasteiger partial charge in [0.1, 0.15) is 61.2 Å². The van der Waals surface area contributed by atoms with Crippen LogP contribution in [0.5, 0.6) is 0 Å². The number of nitriles is 2. The highest BCUT2D eigenvalue weighted by Gasteiger charge is 2.47. The Kier molecular flexibility index (Phi) is 34.9. The first-order valence-electron chi connectivity index (χ1n) is 50.1. The number of thiazole rings is 2. The molecule has 2 aliphatic carbocycles. The SMILES string of the molecule is Cc1nc(Cc2ncsc2-c2ccc(CNC(=O)[C@@H]3C[C@@H](O)CN3C(=O)[C@@H](NC(=O)COCCCn3cc(-c4ccc(N(C(=O)NCc5ccccc5)[C@H]5CC[C@H](Nc6ccc(C#N)cn6)CC5)cc4)cn3)C(C)(C)C)cc2)sc1-c1ccc(CNC(=O)[C@@H]2C[C@@H](O)CN2C(=O)[C@@H](NC(=O)COCCn2cc(-c3ccc(N(C(=O)NCc4ccccc4)[C@H]4CC[C@H](Nc5ccc(C#N)cn5)CC4)cc3)cn2)C(C)(C)C)cc1. The van der Waals surface area contributed by atoms with Gasteiger partial charge >= 0.3 is 12.1 Å². The van der Waals surface area contributed by atoms with E-state index in [1.807, 2.05) is 245 Å². The minimum absolute atomic E-state index is 0.0177. The summed E-state index contributed by atoms with van der Waals surface area (Å²) in [6.45, 7) is 14.3. The van der Waals surface area contributed by atoms with Crippen molar-refractivity contribution in [1.82, 2.24) is 81.2 Å². The molecule has 8 heterocycles. The molecule has 6 aromatic heterocycles. The molecule has 4 aliphatic rings. The molecule has 2 saturated carbocycles. The van der Waals surface area contributed by atoms with E-state index < -0.39 is 82.6 Å². The molecule has 0 bridgehead atoms. The normalized spacial score (nSPS) is 18.1. The van der Waals surface area contributed by atoms with Crippen molar-refractivity contribution >= 4 is 93.2 Å². The third-order valence-electron chi connectivity index (χ3n) is 27.2. The van der Waals surface area contributed by atoms with Gasteiger partial charge in [0.2, 0.25) is 35.4 Å². The Morgan fingerprint density at radius 1 is 0.476 bits per heavy atom. The van der Waals surface area contributed by atoms with Gasteiger partial charge in [0.15, 0.2) is 0 Å². The first-order chi connectivity index (χ1) is 71.0. The number of nitrogens with zero attached hydrogens (tertiary/aromatic N) is 14. The Morgan fingerprint density at radius 2 is 0.891 bits per heavy atom. The molecule has 36 heteroatoms. The first-order valence-corrected chi connectivity index (χ1v) is 51.8. The summed E-state index contributed by atoms with van der Waals surface area (Å²) in [6.07, 6.45) is 16.0. The summed E-state index contributed by atoms with van der Waals surface area (Å²) < 4.78 is 15.2. The van der Waals surface area contributed by atoms with E-state index in [2.05, 4.69) is 74.8 Å². The van der Waals surface area contributed by atoms with Crippen LogP contribution in [0.15, 0.2) is 225 Å². The van der Waals surface area contributed by atoms with Gasteiger partial charge in [-0.2, -0.15) is 20.7 Å². The quantitative estimate of drug-likeness (QED) is 0.0160. The molecule has 6 atom stereocenters. The van der Waals surface area contributed by atoms with Gasteiger partial charge in [0, 0.05) is 143 Å². The number of likely N-dealkylation sites (tertiary alicyclic amines) is 2. The fraction of sp³-hybridized carbons (Fsp3) is 0.387. The number of rotatable bonds is 39. The number of aliphatic hydroxyl groups is 2. The van der Waals surface area contributed by atoms with E-state index in [4.69, 9.17) is 19.4 Å². The summed E-state index contributed by atoms with van der Waals surface area (Å²) >= 11 is 3.08. The summed E-state index contributed by atoms with van der Waals surface area (Å²) in [5, 5.41) is 75.5. The van der Waals surface area contributed by atoms with Crippen molar-refractivity contribution in [2.75, 3.05) is 60.0 Å². The Morgan fingerprint density at radius 3 is 1.32 bits per heavy atom. The molecular weight excluding hydrogens is 1900 g/mol. The lowest BCUT2D eigenvalue weighted by atomic mass is 9.85. The number of pyridine rings is 2. The third-order valence-corrected chi connectivity index (χ3v) is 29.3. The fourth-order valence-electron chi connectivity index (χ4n) is 19.3. The highest BCUT2D eigenvalue weighted by molar-refractivity contribution is 7.15. The van der Waals surface area contributed by atoms with E-state index in [-0.39, 0.29) is 102 Å². The van der Waals surface area contributed by atoms with Gasteiger partial charge < -0.3 is 72.0 Å². The molecule has 4 fully saturated rings. The number of hydrogen-bond acceptors (Lipinski definition) is 24. The number of aliphatic hydroxyl groups excluding tert-OH is 2. The Balaban J connectivity index is 0.449. The van der Waals surface area contributed by atoms with Gasteiger partial charge in [-0.3, -0.25) is 47.9 Å². The molecule has 0 spiro atoms. The molecule has 34 nitrogen and oxygen atoms in total. The number of ether oxygens (including phenoxy) is 2. The molecule has 10 amide bonds. The maximum Gasteiger partial charge on any atom is 0.322 e. The number of hydrogen-bond donors (Lipinski definition) is 10. The summed E-state index contributed by atoms with van der Waals surface area (Å²) in [5.74, 6) is -1.46.